The monoisotopic (exact) mass is 232 g/mol. The summed E-state index contributed by atoms with van der Waals surface area (Å²) in [6.45, 7) is 0.313. The molecular formula is C9H10Cl2N2O. The molecule has 1 amide bonds. The molecule has 0 aliphatic rings. The molecule has 0 fully saturated rings. The third kappa shape index (κ3) is 2.87. The second-order valence-corrected chi connectivity index (χ2v) is 3.48. The fourth-order valence-electron chi connectivity index (χ4n) is 0.951. The van der Waals surface area contributed by atoms with Crippen LogP contribution < -0.4 is 11.1 Å². The van der Waals surface area contributed by atoms with Crippen molar-refractivity contribution in [1.82, 2.24) is 5.32 Å². The van der Waals surface area contributed by atoms with Gasteiger partial charge in [-0.15, -0.1) is 0 Å². The van der Waals surface area contributed by atoms with Gasteiger partial charge in [0.15, 0.2) is 0 Å². The van der Waals surface area contributed by atoms with Crippen molar-refractivity contribution in [3.8, 4) is 0 Å². The van der Waals surface area contributed by atoms with Gasteiger partial charge in [0, 0.05) is 6.54 Å². The van der Waals surface area contributed by atoms with E-state index in [1.165, 1.54) is 0 Å². The molecule has 0 spiro atoms. The van der Waals surface area contributed by atoms with Gasteiger partial charge in [-0.2, -0.15) is 0 Å². The number of hydrogen-bond acceptors (Lipinski definition) is 2. The number of amides is 1. The minimum Gasteiger partial charge on any atom is -0.351 e. The number of halogens is 2. The van der Waals surface area contributed by atoms with Crippen LogP contribution in [0.5, 0.6) is 0 Å². The Morgan fingerprint density at radius 2 is 2.14 bits per heavy atom. The van der Waals surface area contributed by atoms with Crippen LogP contribution in [0.1, 0.15) is 5.56 Å². The highest BCUT2D eigenvalue weighted by molar-refractivity contribution is 6.42. The van der Waals surface area contributed by atoms with Gasteiger partial charge in [-0.05, 0) is 11.6 Å². The maximum absolute atomic E-state index is 10.9. The summed E-state index contributed by atoms with van der Waals surface area (Å²) in [7, 11) is 0. The number of rotatable bonds is 3. The van der Waals surface area contributed by atoms with Crippen LogP contribution >= 0.6 is 23.2 Å². The number of carbonyl (C=O) groups is 1. The van der Waals surface area contributed by atoms with Crippen molar-refractivity contribution in [2.24, 2.45) is 5.73 Å². The largest absolute Gasteiger partial charge is 0.351 e. The van der Waals surface area contributed by atoms with E-state index in [-0.39, 0.29) is 12.5 Å². The molecule has 0 aliphatic carbocycles. The first-order valence-electron chi connectivity index (χ1n) is 4.05. The topological polar surface area (TPSA) is 55.1 Å². The van der Waals surface area contributed by atoms with Crippen LogP contribution in [0, 0.1) is 0 Å². The Bertz CT molecular complexity index is 342. The molecule has 1 aromatic rings. The first-order chi connectivity index (χ1) is 6.65. The molecule has 3 N–H and O–H groups in total. The van der Waals surface area contributed by atoms with Gasteiger partial charge in [-0.1, -0.05) is 35.3 Å². The van der Waals surface area contributed by atoms with Gasteiger partial charge in [0.2, 0.25) is 5.91 Å². The summed E-state index contributed by atoms with van der Waals surface area (Å²) in [5, 5.41) is 3.55. The fraction of sp³-hybridized carbons (Fsp3) is 0.222. The predicted octanol–water partition coefficient (Wildman–Crippen LogP) is 1.57. The van der Waals surface area contributed by atoms with Crippen molar-refractivity contribution in [2.45, 2.75) is 6.54 Å². The molecule has 14 heavy (non-hydrogen) atoms. The summed E-state index contributed by atoms with van der Waals surface area (Å²) < 4.78 is 0. The van der Waals surface area contributed by atoms with Crippen LogP contribution in [-0.4, -0.2) is 12.5 Å². The summed E-state index contributed by atoms with van der Waals surface area (Å²) in [5.41, 5.74) is 5.91. The fourth-order valence-corrected chi connectivity index (χ4v) is 1.34. The Hall–Kier alpha value is -0.770. The molecule has 0 saturated heterocycles. The Kier molecular flexibility index (Phi) is 4.20. The molecule has 1 rings (SSSR count). The molecule has 0 atom stereocenters. The molecule has 0 aromatic heterocycles. The first-order valence-corrected chi connectivity index (χ1v) is 4.80. The van der Waals surface area contributed by atoms with Crippen LogP contribution in [-0.2, 0) is 11.3 Å². The lowest BCUT2D eigenvalue weighted by molar-refractivity contribution is -0.119. The van der Waals surface area contributed by atoms with Crippen molar-refractivity contribution in [1.29, 1.82) is 0 Å². The van der Waals surface area contributed by atoms with Crippen molar-refractivity contribution < 1.29 is 4.79 Å². The maximum Gasteiger partial charge on any atom is 0.234 e. The van der Waals surface area contributed by atoms with Gasteiger partial charge in [0.1, 0.15) is 0 Å². The highest BCUT2D eigenvalue weighted by Gasteiger charge is 2.04. The lowest BCUT2D eigenvalue weighted by atomic mass is 10.2. The number of nitrogens with two attached hydrogens (primary N) is 1. The number of hydrogen-bond donors (Lipinski definition) is 2. The zero-order valence-corrected chi connectivity index (χ0v) is 8.90. The van der Waals surface area contributed by atoms with Crippen LogP contribution in [0.2, 0.25) is 10.0 Å². The maximum atomic E-state index is 10.9. The second-order valence-electron chi connectivity index (χ2n) is 2.69. The van der Waals surface area contributed by atoms with Gasteiger partial charge in [0.05, 0.1) is 16.6 Å². The highest BCUT2D eigenvalue weighted by atomic mass is 35.5. The average molecular weight is 233 g/mol. The van der Waals surface area contributed by atoms with E-state index in [1.54, 1.807) is 18.2 Å². The van der Waals surface area contributed by atoms with Crippen molar-refractivity contribution in [3.05, 3.63) is 33.8 Å². The molecule has 5 heteroatoms. The lowest BCUT2D eigenvalue weighted by Gasteiger charge is -2.06. The molecule has 0 radical (unpaired) electrons. The van der Waals surface area contributed by atoms with Crippen molar-refractivity contribution in [3.63, 3.8) is 0 Å². The molecule has 3 nitrogen and oxygen atoms in total. The standard InChI is InChI=1S/C9H10Cl2N2O/c10-7-3-1-2-6(9(7)11)5-13-8(14)4-12/h1-3H,4-5,12H2,(H,13,14). The van der Waals surface area contributed by atoms with Crippen LogP contribution in [0.25, 0.3) is 0 Å². The normalized spacial score (nSPS) is 9.93. The average Bonchev–Trinajstić information content (AvgIpc) is 2.20. The molecule has 76 valence electrons. The van der Waals surface area contributed by atoms with E-state index in [2.05, 4.69) is 5.32 Å². The minimum atomic E-state index is -0.221. The molecule has 1 aromatic carbocycles. The molecule has 0 aliphatic heterocycles. The lowest BCUT2D eigenvalue weighted by Crippen LogP contribution is -2.29. The van der Waals surface area contributed by atoms with E-state index in [9.17, 15) is 4.79 Å². The third-order valence-corrected chi connectivity index (χ3v) is 2.55. The van der Waals surface area contributed by atoms with E-state index in [0.29, 0.717) is 16.6 Å². The zero-order valence-electron chi connectivity index (χ0n) is 7.39. The summed E-state index contributed by atoms with van der Waals surface area (Å²) in [4.78, 5) is 10.9. The molecule has 0 heterocycles. The molecule has 0 saturated carbocycles. The van der Waals surface area contributed by atoms with Crippen LogP contribution in [0.15, 0.2) is 18.2 Å². The predicted molar refractivity (Wildman–Crippen MR) is 57.4 cm³/mol. The SMILES string of the molecule is NCC(=O)NCc1cccc(Cl)c1Cl. The van der Waals surface area contributed by atoms with Gasteiger partial charge < -0.3 is 11.1 Å². The molecule has 0 unspecified atom stereocenters. The quantitative estimate of drug-likeness (QED) is 0.832. The first kappa shape index (κ1) is 11.3. The molecule has 0 bridgehead atoms. The third-order valence-electron chi connectivity index (χ3n) is 1.69. The Morgan fingerprint density at radius 3 is 2.79 bits per heavy atom. The number of nitrogens with one attached hydrogen (secondary N) is 1. The van der Waals surface area contributed by atoms with E-state index in [1.807, 2.05) is 0 Å². The summed E-state index contributed by atoms with van der Waals surface area (Å²) >= 11 is 11.7. The van der Waals surface area contributed by atoms with E-state index in [0.717, 1.165) is 5.56 Å². The summed E-state index contributed by atoms with van der Waals surface area (Å²) in [5.74, 6) is -0.221. The Morgan fingerprint density at radius 1 is 1.43 bits per heavy atom. The number of carbonyl (C=O) groups excluding carboxylic acids is 1. The van der Waals surface area contributed by atoms with Crippen LogP contribution in [0.3, 0.4) is 0 Å². The van der Waals surface area contributed by atoms with E-state index >= 15 is 0 Å². The second kappa shape index (κ2) is 5.20. The van der Waals surface area contributed by atoms with E-state index in [4.69, 9.17) is 28.9 Å². The molecular weight excluding hydrogens is 223 g/mol. The smallest absolute Gasteiger partial charge is 0.234 e. The summed E-state index contributed by atoms with van der Waals surface area (Å²) in [6.07, 6.45) is 0. The Labute approximate surface area is 92.2 Å². The van der Waals surface area contributed by atoms with Crippen molar-refractivity contribution in [2.75, 3.05) is 6.54 Å². The highest BCUT2D eigenvalue weighted by Crippen LogP contribution is 2.25. The van der Waals surface area contributed by atoms with Crippen LogP contribution in [0.4, 0.5) is 0 Å². The number of benzene rings is 1. The van der Waals surface area contributed by atoms with Crippen molar-refractivity contribution >= 4 is 29.1 Å². The van der Waals surface area contributed by atoms with Gasteiger partial charge in [-0.3, -0.25) is 4.79 Å². The summed E-state index contributed by atoms with van der Waals surface area (Å²) in [6, 6.07) is 5.27. The van der Waals surface area contributed by atoms with Gasteiger partial charge >= 0.3 is 0 Å². The minimum absolute atomic E-state index is 0.0296. The zero-order chi connectivity index (χ0) is 10.6. The van der Waals surface area contributed by atoms with Gasteiger partial charge in [-0.25, -0.2) is 0 Å². The van der Waals surface area contributed by atoms with Gasteiger partial charge in [0.25, 0.3) is 0 Å². The Balaban J connectivity index is 2.68. The van der Waals surface area contributed by atoms with E-state index < -0.39 is 0 Å².